The summed E-state index contributed by atoms with van der Waals surface area (Å²) in [4.78, 5) is 138. The van der Waals surface area contributed by atoms with E-state index in [1.807, 2.05) is 5.32 Å². The molecule has 25 nitrogen and oxygen atoms in total. The van der Waals surface area contributed by atoms with Crippen LogP contribution in [-0.4, -0.2) is 165 Å². The maximum atomic E-state index is 13.8. The Morgan fingerprint density at radius 2 is 0.951 bits per heavy atom. The number of rotatable bonds is 32. The highest BCUT2D eigenvalue weighted by molar-refractivity contribution is 7.98. The molecule has 0 bridgehead atoms. The molecule has 7 atom stereocenters. The van der Waals surface area contributed by atoms with Crippen LogP contribution in [0.25, 0.3) is 0 Å². The fourth-order valence-electron chi connectivity index (χ4n) is 5.30. The lowest BCUT2D eigenvalue weighted by molar-refractivity contribution is -0.147. The average molecular weight is 894 g/mol. The molecule has 0 aromatic rings. The molecule has 7 amide bonds. The summed E-state index contributed by atoms with van der Waals surface area (Å²) < 4.78 is 0. The Labute approximate surface area is 355 Å². The number of thioether (sulfide) groups is 1. The Kier molecular flexibility index (Phi) is 26.9. The topological polar surface area (TPSA) is 425 Å². The molecule has 346 valence electrons. The van der Waals surface area contributed by atoms with E-state index < -0.39 is 159 Å². The molecule has 0 aromatic heterocycles. The standard InChI is InChI=1S/C35H59N9O16S/c1-17(2)28(34(58)43-22(35(59)60)14-27(51)52)44-32(56)20(8-10-26(49)50)41-30(54)19(7-9-25(47)48)40-31(55)21(11-13-61-3)42-29(53)18(6-4-5-12-36)39-33(57)23(16-45)38-24(46)15-37/h17-23,28,45H,4-16,36-37H2,1-3H3,(H,38,46)(H,39,57)(H,40,55)(H,41,54)(H,42,53)(H,43,58)(H,44,56)(H,47,48)(H,49,50)(H,51,52)(H,59,60)/t18-,19-,20-,21-,22-,23-,28-/m0/s1. The van der Waals surface area contributed by atoms with Crippen LogP contribution in [0, 0.1) is 5.92 Å². The van der Waals surface area contributed by atoms with Crippen molar-refractivity contribution in [2.45, 2.75) is 114 Å². The zero-order chi connectivity index (χ0) is 46.8. The Bertz CT molecular complexity index is 1550. The number of unbranched alkanes of at least 4 members (excludes halogenated alkanes) is 1. The average Bonchev–Trinajstić information content (AvgIpc) is 3.18. The fraction of sp³-hybridized carbons (Fsp3) is 0.686. The summed E-state index contributed by atoms with van der Waals surface area (Å²) >= 11 is 1.27. The lowest BCUT2D eigenvalue weighted by Crippen LogP contribution is -2.60. The summed E-state index contributed by atoms with van der Waals surface area (Å²) in [6.45, 7) is 1.78. The van der Waals surface area contributed by atoms with Gasteiger partial charge in [0.2, 0.25) is 41.4 Å². The van der Waals surface area contributed by atoms with Crippen molar-refractivity contribution < 1.29 is 78.3 Å². The van der Waals surface area contributed by atoms with E-state index in [4.69, 9.17) is 16.6 Å². The number of carbonyl (C=O) groups excluding carboxylic acids is 7. The van der Waals surface area contributed by atoms with Gasteiger partial charge in [0, 0.05) is 12.8 Å². The van der Waals surface area contributed by atoms with Gasteiger partial charge in [-0.05, 0) is 63.0 Å². The minimum atomic E-state index is -1.89. The highest BCUT2D eigenvalue weighted by Crippen LogP contribution is 2.10. The summed E-state index contributed by atoms with van der Waals surface area (Å²) in [6.07, 6.45) is -1.21. The summed E-state index contributed by atoms with van der Waals surface area (Å²) in [5, 5.41) is 62.8. The van der Waals surface area contributed by atoms with E-state index in [1.54, 1.807) is 6.26 Å². The minimum Gasteiger partial charge on any atom is -0.481 e. The number of carboxylic acids is 4. The highest BCUT2D eigenvalue weighted by Gasteiger charge is 2.35. The van der Waals surface area contributed by atoms with Gasteiger partial charge in [0.25, 0.3) is 0 Å². The summed E-state index contributed by atoms with van der Waals surface area (Å²) in [7, 11) is 0. The number of nitrogens with one attached hydrogen (secondary N) is 7. The van der Waals surface area contributed by atoms with E-state index in [0.717, 1.165) is 0 Å². The summed E-state index contributed by atoms with van der Waals surface area (Å²) in [5.74, 6) is -13.6. The monoisotopic (exact) mass is 893 g/mol. The van der Waals surface area contributed by atoms with Crippen molar-refractivity contribution in [3.05, 3.63) is 0 Å². The number of amides is 7. The van der Waals surface area contributed by atoms with Crippen LogP contribution in [0.5, 0.6) is 0 Å². The van der Waals surface area contributed by atoms with Crippen LogP contribution in [0.1, 0.15) is 71.6 Å². The summed E-state index contributed by atoms with van der Waals surface area (Å²) in [5.41, 5.74) is 10.8. The zero-order valence-electron chi connectivity index (χ0n) is 34.1. The molecule has 16 N–H and O–H groups in total. The van der Waals surface area contributed by atoms with E-state index in [1.165, 1.54) is 25.6 Å². The SMILES string of the molecule is CSCC[C@H](NC(=O)[C@H](CCCCN)NC(=O)[C@H](CO)NC(=O)CN)C(=O)N[C@@H](CCC(=O)O)C(=O)N[C@@H](CCC(=O)O)C(=O)N[C@H](C(=O)N[C@@H](CC(=O)O)C(=O)O)C(C)C. The first kappa shape index (κ1) is 55.4. The smallest absolute Gasteiger partial charge is 0.326 e. The van der Waals surface area contributed by atoms with Crippen molar-refractivity contribution in [1.29, 1.82) is 0 Å². The third-order valence-electron chi connectivity index (χ3n) is 8.64. The molecule has 0 aromatic carbocycles. The molecular weight excluding hydrogens is 834 g/mol. The van der Waals surface area contributed by atoms with E-state index >= 15 is 0 Å². The molecule has 61 heavy (non-hydrogen) atoms. The number of carbonyl (C=O) groups is 11. The molecule has 0 heterocycles. The summed E-state index contributed by atoms with van der Waals surface area (Å²) in [6, 6.07) is -11.1. The molecule has 0 aliphatic heterocycles. The first-order valence-corrected chi connectivity index (χ1v) is 20.5. The van der Waals surface area contributed by atoms with Crippen LogP contribution in [-0.2, 0) is 52.7 Å². The van der Waals surface area contributed by atoms with Crippen molar-refractivity contribution in [1.82, 2.24) is 37.2 Å². The number of hydrogen-bond donors (Lipinski definition) is 14. The van der Waals surface area contributed by atoms with Crippen LogP contribution >= 0.6 is 11.8 Å². The molecule has 0 aliphatic rings. The van der Waals surface area contributed by atoms with Gasteiger partial charge in [-0.2, -0.15) is 11.8 Å². The van der Waals surface area contributed by atoms with E-state index in [9.17, 15) is 73.2 Å². The lowest BCUT2D eigenvalue weighted by Gasteiger charge is -2.28. The van der Waals surface area contributed by atoms with Gasteiger partial charge in [0.15, 0.2) is 0 Å². The van der Waals surface area contributed by atoms with Gasteiger partial charge >= 0.3 is 23.9 Å². The molecule has 0 unspecified atom stereocenters. The Morgan fingerprint density at radius 3 is 1.33 bits per heavy atom. The number of aliphatic hydroxyl groups excluding tert-OH is 1. The highest BCUT2D eigenvalue weighted by atomic mass is 32.2. The number of carboxylic acid groups (broad SMARTS) is 4. The molecule has 0 aliphatic carbocycles. The molecule has 0 radical (unpaired) electrons. The van der Waals surface area contributed by atoms with Crippen molar-refractivity contribution in [2.75, 3.05) is 31.7 Å². The molecule has 0 fully saturated rings. The Hall–Kier alpha value is -5.60. The molecular formula is C35H59N9O16S. The second-order valence-corrected chi connectivity index (χ2v) is 14.9. The number of aliphatic carboxylic acids is 4. The number of aliphatic hydroxyl groups is 1. The molecule has 0 spiro atoms. The van der Waals surface area contributed by atoms with Crippen LogP contribution in [0.2, 0.25) is 0 Å². The van der Waals surface area contributed by atoms with Crippen LogP contribution in [0.4, 0.5) is 0 Å². The second-order valence-electron chi connectivity index (χ2n) is 13.9. The van der Waals surface area contributed by atoms with Crippen molar-refractivity contribution >= 4 is 77.0 Å². The first-order chi connectivity index (χ1) is 28.6. The number of nitrogens with two attached hydrogens (primary N) is 2. The maximum absolute atomic E-state index is 13.8. The van der Waals surface area contributed by atoms with Gasteiger partial charge in [-0.25, -0.2) is 4.79 Å². The number of hydrogen-bond acceptors (Lipinski definition) is 15. The van der Waals surface area contributed by atoms with Crippen LogP contribution in [0.3, 0.4) is 0 Å². The van der Waals surface area contributed by atoms with Crippen LogP contribution in [0.15, 0.2) is 0 Å². The van der Waals surface area contributed by atoms with Gasteiger partial charge in [0.05, 0.1) is 19.6 Å². The quantitative estimate of drug-likeness (QED) is 0.0282. The molecule has 0 saturated carbocycles. The first-order valence-electron chi connectivity index (χ1n) is 19.1. The Balaban J connectivity index is 6.52. The third-order valence-corrected chi connectivity index (χ3v) is 9.29. The van der Waals surface area contributed by atoms with Gasteiger partial charge in [-0.1, -0.05) is 13.8 Å². The van der Waals surface area contributed by atoms with Gasteiger partial charge < -0.3 is 74.2 Å². The van der Waals surface area contributed by atoms with Crippen molar-refractivity contribution in [3.63, 3.8) is 0 Å². The lowest BCUT2D eigenvalue weighted by atomic mass is 10.0. The zero-order valence-corrected chi connectivity index (χ0v) is 34.9. The largest absolute Gasteiger partial charge is 0.481 e. The van der Waals surface area contributed by atoms with Gasteiger partial charge in [-0.15, -0.1) is 0 Å². The van der Waals surface area contributed by atoms with Crippen molar-refractivity contribution in [2.24, 2.45) is 17.4 Å². The maximum Gasteiger partial charge on any atom is 0.326 e. The predicted molar refractivity (Wildman–Crippen MR) is 214 cm³/mol. The van der Waals surface area contributed by atoms with E-state index in [-0.39, 0.29) is 25.1 Å². The minimum absolute atomic E-state index is 0.000136. The van der Waals surface area contributed by atoms with E-state index in [0.29, 0.717) is 12.8 Å². The van der Waals surface area contributed by atoms with E-state index in [2.05, 4.69) is 31.9 Å². The molecule has 0 saturated heterocycles. The van der Waals surface area contributed by atoms with Crippen LogP contribution < -0.4 is 48.7 Å². The van der Waals surface area contributed by atoms with Crippen molar-refractivity contribution in [3.8, 4) is 0 Å². The van der Waals surface area contributed by atoms with Gasteiger partial charge in [0.1, 0.15) is 42.3 Å². The fourth-order valence-corrected chi connectivity index (χ4v) is 5.77. The molecule has 26 heteroatoms. The predicted octanol–water partition coefficient (Wildman–Crippen LogP) is -4.84. The normalized spacial score (nSPS) is 14.3. The molecule has 0 rings (SSSR count). The van der Waals surface area contributed by atoms with Gasteiger partial charge in [-0.3, -0.25) is 47.9 Å². The third kappa shape index (κ3) is 22.5. The second kappa shape index (κ2) is 29.6. The Morgan fingerprint density at radius 1 is 0.525 bits per heavy atom.